The Kier molecular flexibility index (Phi) is 4.16. The zero-order chi connectivity index (χ0) is 13.9. The van der Waals surface area contributed by atoms with Crippen LogP contribution in [0.1, 0.15) is 39.5 Å². The van der Waals surface area contributed by atoms with Gasteiger partial charge < -0.3 is 5.32 Å². The van der Waals surface area contributed by atoms with Crippen molar-refractivity contribution in [2.24, 2.45) is 0 Å². The number of anilines is 1. The zero-order valence-corrected chi connectivity index (χ0v) is 12.4. The normalized spacial score (nSPS) is 17.8. The van der Waals surface area contributed by atoms with Gasteiger partial charge in [0.05, 0.1) is 4.90 Å². The molecule has 0 bridgehead atoms. The highest BCUT2D eigenvalue weighted by Gasteiger charge is 2.38. The maximum absolute atomic E-state index is 12.3. The molecule has 1 aromatic carbocycles. The standard InChI is InChI=1S/C14H22N2O2S/c1-3-14(10-5-11-14)16-19(17,18)13-8-6-12(7-9-13)15-4-2/h6-9,15-16H,3-5,10-11H2,1-2H3. The SMILES string of the molecule is CCNc1ccc(S(=O)(=O)NC2(CC)CCC2)cc1. The fourth-order valence-corrected chi connectivity index (χ4v) is 3.96. The van der Waals surface area contributed by atoms with Crippen molar-refractivity contribution in [3.05, 3.63) is 24.3 Å². The van der Waals surface area contributed by atoms with Gasteiger partial charge in [-0.2, -0.15) is 0 Å². The molecule has 0 aromatic heterocycles. The van der Waals surface area contributed by atoms with Crippen LogP contribution in [-0.2, 0) is 10.0 Å². The Morgan fingerprint density at radius 1 is 1.16 bits per heavy atom. The Bertz CT molecular complexity index is 513. The third-order valence-corrected chi connectivity index (χ3v) is 5.48. The molecule has 2 N–H and O–H groups in total. The van der Waals surface area contributed by atoms with Crippen LogP contribution in [0.2, 0.25) is 0 Å². The lowest BCUT2D eigenvalue weighted by molar-refractivity contribution is 0.214. The molecule has 2 rings (SSSR count). The average Bonchev–Trinajstić information content (AvgIpc) is 2.35. The molecule has 1 aliphatic rings. The maximum atomic E-state index is 12.3. The predicted octanol–water partition coefficient (Wildman–Crippen LogP) is 2.73. The van der Waals surface area contributed by atoms with Crippen molar-refractivity contribution in [1.29, 1.82) is 0 Å². The number of benzene rings is 1. The van der Waals surface area contributed by atoms with Crippen LogP contribution >= 0.6 is 0 Å². The third-order valence-electron chi connectivity index (χ3n) is 3.88. The van der Waals surface area contributed by atoms with Gasteiger partial charge in [-0.05, 0) is 56.9 Å². The van der Waals surface area contributed by atoms with Crippen molar-refractivity contribution in [3.63, 3.8) is 0 Å². The minimum absolute atomic E-state index is 0.209. The molecule has 0 radical (unpaired) electrons. The Hall–Kier alpha value is -1.07. The minimum Gasteiger partial charge on any atom is -0.385 e. The van der Waals surface area contributed by atoms with Crippen LogP contribution in [0, 0.1) is 0 Å². The molecule has 1 saturated carbocycles. The molecule has 1 fully saturated rings. The fraction of sp³-hybridized carbons (Fsp3) is 0.571. The molecule has 0 spiro atoms. The summed E-state index contributed by atoms with van der Waals surface area (Å²) < 4.78 is 27.5. The highest BCUT2D eigenvalue weighted by molar-refractivity contribution is 7.89. The number of hydrogen-bond donors (Lipinski definition) is 2. The van der Waals surface area contributed by atoms with Gasteiger partial charge >= 0.3 is 0 Å². The van der Waals surface area contributed by atoms with E-state index in [0.29, 0.717) is 4.90 Å². The molecular weight excluding hydrogens is 260 g/mol. The lowest BCUT2D eigenvalue weighted by Crippen LogP contribution is -2.52. The summed E-state index contributed by atoms with van der Waals surface area (Å²) in [5, 5.41) is 3.15. The van der Waals surface area contributed by atoms with Crippen molar-refractivity contribution < 1.29 is 8.42 Å². The summed E-state index contributed by atoms with van der Waals surface area (Å²) in [6.45, 7) is 4.87. The summed E-state index contributed by atoms with van der Waals surface area (Å²) >= 11 is 0. The number of sulfonamides is 1. The van der Waals surface area contributed by atoms with Crippen molar-refractivity contribution in [2.45, 2.75) is 50.0 Å². The van der Waals surface area contributed by atoms with Gasteiger partial charge in [-0.25, -0.2) is 13.1 Å². The van der Waals surface area contributed by atoms with Gasteiger partial charge in [-0.1, -0.05) is 6.92 Å². The van der Waals surface area contributed by atoms with Gasteiger partial charge in [-0.3, -0.25) is 0 Å². The first-order valence-corrected chi connectivity index (χ1v) is 8.37. The Morgan fingerprint density at radius 3 is 2.21 bits per heavy atom. The lowest BCUT2D eigenvalue weighted by atomic mass is 9.76. The molecule has 0 amide bonds. The van der Waals surface area contributed by atoms with E-state index in [2.05, 4.69) is 10.0 Å². The average molecular weight is 282 g/mol. The van der Waals surface area contributed by atoms with E-state index < -0.39 is 10.0 Å². The molecule has 0 saturated heterocycles. The second-order valence-electron chi connectivity index (χ2n) is 5.15. The molecule has 0 unspecified atom stereocenters. The zero-order valence-electron chi connectivity index (χ0n) is 11.6. The summed E-state index contributed by atoms with van der Waals surface area (Å²) in [6.07, 6.45) is 3.84. The van der Waals surface area contributed by atoms with Gasteiger partial charge in [0.2, 0.25) is 10.0 Å². The first-order chi connectivity index (χ1) is 9.01. The van der Waals surface area contributed by atoms with E-state index in [0.717, 1.165) is 37.9 Å². The lowest BCUT2D eigenvalue weighted by Gasteiger charge is -2.41. The van der Waals surface area contributed by atoms with Crippen LogP contribution in [0.25, 0.3) is 0 Å². The molecule has 106 valence electrons. The molecule has 0 aliphatic heterocycles. The molecular formula is C14H22N2O2S. The predicted molar refractivity (Wildman–Crippen MR) is 77.8 cm³/mol. The fourth-order valence-electron chi connectivity index (χ4n) is 2.43. The molecule has 5 heteroatoms. The first kappa shape index (κ1) is 14.3. The monoisotopic (exact) mass is 282 g/mol. The highest BCUT2D eigenvalue weighted by atomic mass is 32.2. The van der Waals surface area contributed by atoms with Crippen LogP contribution in [0.3, 0.4) is 0 Å². The summed E-state index contributed by atoms with van der Waals surface area (Å²) in [5.74, 6) is 0. The van der Waals surface area contributed by atoms with Crippen molar-refractivity contribution in [3.8, 4) is 0 Å². The van der Waals surface area contributed by atoms with Crippen LogP contribution in [-0.4, -0.2) is 20.5 Å². The molecule has 1 aliphatic carbocycles. The van der Waals surface area contributed by atoms with Gasteiger partial charge in [-0.15, -0.1) is 0 Å². The van der Waals surface area contributed by atoms with E-state index >= 15 is 0 Å². The Balaban J connectivity index is 2.15. The maximum Gasteiger partial charge on any atom is 0.241 e. The molecule has 1 aromatic rings. The molecule has 0 heterocycles. The smallest absolute Gasteiger partial charge is 0.241 e. The van der Waals surface area contributed by atoms with E-state index in [9.17, 15) is 8.42 Å². The van der Waals surface area contributed by atoms with Crippen molar-refractivity contribution in [2.75, 3.05) is 11.9 Å². The summed E-state index contributed by atoms with van der Waals surface area (Å²) in [4.78, 5) is 0.342. The van der Waals surface area contributed by atoms with Gasteiger partial charge in [0.1, 0.15) is 0 Å². The number of rotatable bonds is 6. The van der Waals surface area contributed by atoms with E-state index in [1.165, 1.54) is 0 Å². The van der Waals surface area contributed by atoms with E-state index in [4.69, 9.17) is 0 Å². The van der Waals surface area contributed by atoms with Gasteiger partial charge in [0.15, 0.2) is 0 Å². The topological polar surface area (TPSA) is 58.2 Å². The summed E-state index contributed by atoms with van der Waals surface area (Å²) in [5.41, 5.74) is 0.731. The minimum atomic E-state index is -3.40. The Morgan fingerprint density at radius 2 is 1.79 bits per heavy atom. The first-order valence-electron chi connectivity index (χ1n) is 6.89. The largest absolute Gasteiger partial charge is 0.385 e. The summed E-state index contributed by atoms with van der Waals surface area (Å²) in [6, 6.07) is 6.92. The second-order valence-corrected chi connectivity index (χ2v) is 6.83. The van der Waals surface area contributed by atoms with E-state index in [-0.39, 0.29) is 5.54 Å². The van der Waals surface area contributed by atoms with Crippen LogP contribution < -0.4 is 10.0 Å². The third kappa shape index (κ3) is 3.09. The number of hydrogen-bond acceptors (Lipinski definition) is 3. The van der Waals surface area contributed by atoms with Crippen LogP contribution in [0.15, 0.2) is 29.2 Å². The Labute approximate surface area is 115 Å². The quantitative estimate of drug-likeness (QED) is 0.843. The number of nitrogens with one attached hydrogen (secondary N) is 2. The van der Waals surface area contributed by atoms with Crippen LogP contribution in [0.4, 0.5) is 5.69 Å². The van der Waals surface area contributed by atoms with Crippen LogP contribution in [0.5, 0.6) is 0 Å². The van der Waals surface area contributed by atoms with E-state index in [1.807, 2.05) is 13.8 Å². The van der Waals surface area contributed by atoms with E-state index in [1.54, 1.807) is 24.3 Å². The highest BCUT2D eigenvalue weighted by Crippen LogP contribution is 2.36. The van der Waals surface area contributed by atoms with Gasteiger partial charge in [0.25, 0.3) is 0 Å². The molecule has 4 nitrogen and oxygen atoms in total. The second kappa shape index (κ2) is 5.51. The molecule has 0 atom stereocenters. The molecule has 19 heavy (non-hydrogen) atoms. The summed E-state index contributed by atoms with van der Waals surface area (Å²) in [7, 11) is -3.40. The van der Waals surface area contributed by atoms with Gasteiger partial charge in [0, 0.05) is 17.8 Å². The van der Waals surface area contributed by atoms with Crippen molar-refractivity contribution >= 4 is 15.7 Å². The van der Waals surface area contributed by atoms with Crippen molar-refractivity contribution in [1.82, 2.24) is 4.72 Å².